The molecule has 0 fully saturated rings. The van der Waals surface area contributed by atoms with Gasteiger partial charge in [0.2, 0.25) is 0 Å². The Hall–Kier alpha value is -8.60. The van der Waals surface area contributed by atoms with Crippen molar-refractivity contribution in [3.8, 4) is 44.5 Å². The maximum atomic E-state index is 7.10. The molecule has 13 aromatic rings. The number of aryl methyl sites for hydroxylation is 2. The summed E-state index contributed by atoms with van der Waals surface area (Å²) in [4.78, 5) is 2.65. The number of furan rings is 3. The first-order chi connectivity index (χ1) is 50.5. The number of unbranched alkanes of at least 4 members (excludes halogenated alkanes) is 20. The van der Waals surface area contributed by atoms with Crippen molar-refractivity contribution in [2.75, 3.05) is 4.90 Å². The van der Waals surface area contributed by atoms with E-state index in [-0.39, 0.29) is 16.2 Å². The Labute approximate surface area is 613 Å². The lowest BCUT2D eigenvalue weighted by molar-refractivity contribution is 0.394. The monoisotopic (exact) mass is 1360 g/mol. The summed E-state index contributed by atoms with van der Waals surface area (Å²) in [6.07, 6.45) is 35.5. The number of hydrogen-bond acceptors (Lipinski definition) is 4. The van der Waals surface area contributed by atoms with E-state index in [9.17, 15) is 0 Å². The summed E-state index contributed by atoms with van der Waals surface area (Å²) in [5.74, 6) is 0. The van der Waals surface area contributed by atoms with Crippen LogP contribution in [0.3, 0.4) is 0 Å². The highest BCUT2D eigenvalue weighted by molar-refractivity contribution is 6.20. The average Bonchev–Trinajstić information content (AvgIpc) is 1.55. The van der Waals surface area contributed by atoms with Gasteiger partial charge in [-0.2, -0.15) is 0 Å². The highest BCUT2D eigenvalue weighted by atomic mass is 16.3. The molecule has 0 aliphatic heterocycles. The fourth-order valence-electron chi connectivity index (χ4n) is 19.9. The fraction of sp³-hybridized carbons (Fsp3) is 0.394. The molecule has 0 atom stereocenters. The summed E-state index contributed by atoms with van der Waals surface area (Å²) >= 11 is 0. The Morgan fingerprint density at radius 3 is 1.38 bits per heavy atom. The third-order valence-electron chi connectivity index (χ3n) is 25.2. The summed E-state index contributed by atoms with van der Waals surface area (Å²) < 4.78 is 20.4. The number of para-hydroxylation sites is 3. The molecule has 3 heterocycles. The Balaban J connectivity index is 0.885. The van der Waals surface area contributed by atoms with E-state index < -0.39 is 0 Å². The van der Waals surface area contributed by atoms with Crippen molar-refractivity contribution in [1.29, 1.82) is 0 Å². The third kappa shape index (κ3) is 12.2. The molecule has 0 amide bonds. The number of hydrogen-bond donors (Lipinski definition) is 0. The molecule has 3 aromatic heterocycles. The number of fused-ring (bicyclic) bond motifs is 20. The molecule has 528 valence electrons. The van der Waals surface area contributed by atoms with Crippen molar-refractivity contribution in [3.63, 3.8) is 0 Å². The van der Waals surface area contributed by atoms with Crippen molar-refractivity contribution in [2.45, 2.75) is 251 Å². The van der Waals surface area contributed by atoms with Crippen molar-refractivity contribution in [3.05, 3.63) is 220 Å². The second-order valence-corrected chi connectivity index (χ2v) is 32.3. The van der Waals surface area contributed by atoms with E-state index in [4.69, 9.17) is 13.3 Å². The van der Waals surface area contributed by atoms with Crippen LogP contribution >= 0.6 is 0 Å². The second-order valence-electron chi connectivity index (χ2n) is 32.3. The zero-order chi connectivity index (χ0) is 70.4. The first-order valence-electron chi connectivity index (χ1n) is 40.7. The predicted molar refractivity (Wildman–Crippen MR) is 440 cm³/mol. The van der Waals surface area contributed by atoms with Crippen LogP contribution in [0.15, 0.2) is 189 Å². The van der Waals surface area contributed by atoms with Crippen LogP contribution in [0.4, 0.5) is 17.1 Å². The summed E-state index contributed by atoms with van der Waals surface area (Å²) in [5.41, 5.74) is 30.9. The minimum Gasteiger partial charge on any atom is -0.456 e. The standard InChI is InChI=1S/C99H109NO3/c1-9-13-17-21-25-35-55-98(56-36-26-22-18-14-10-2)80-51-54-91-94(74-40-30-33-43-88(74)102-91)93(80)79-65-83-77(64-84(79)98)71-49-47-70(62-82(71)99(83,57-37-27-23-19-15-11-3)58-38-28-24-20-16-12-4)100(86-52-45-66(5)59-67(86)6)69-48-50-73-81(61-69)97(7,8)85-63-76(96-95(92(73)85)75-41-31-34-44-89(75)103-96)68-46-53-90-78(60-68)72-39-29-32-42-87(72)101-90/h29-34,39-54,59-65H,9-28,35-38,55-58H2,1-8H3. The van der Waals surface area contributed by atoms with Gasteiger partial charge in [0.15, 0.2) is 0 Å². The van der Waals surface area contributed by atoms with E-state index in [2.05, 4.69) is 236 Å². The zero-order valence-electron chi connectivity index (χ0n) is 63.2. The van der Waals surface area contributed by atoms with Crippen molar-refractivity contribution in [1.82, 2.24) is 0 Å². The lowest BCUT2D eigenvalue weighted by Gasteiger charge is -2.35. The molecule has 0 spiro atoms. The number of nitrogens with zero attached hydrogens (tertiary/aromatic N) is 1. The van der Waals surface area contributed by atoms with E-state index in [1.165, 1.54) is 256 Å². The van der Waals surface area contributed by atoms with Gasteiger partial charge >= 0.3 is 0 Å². The minimum atomic E-state index is -0.363. The summed E-state index contributed by atoms with van der Waals surface area (Å²) in [6.45, 7) is 18.9. The van der Waals surface area contributed by atoms with Crippen molar-refractivity contribution >= 4 is 82.9 Å². The third-order valence-corrected chi connectivity index (χ3v) is 25.2. The molecule has 0 saturated carbocycles. The molecule has 0 bridgehead atoms. The molecule has 0 N–H and O–H groups in total. The van der Waals surface area contributed by atoms with Crippen molar-refractivity contribution in [2.24, 2.45) is 0 Å². The maximum Gasteiger partial charge on any atom is 0.143 e. The van der Waals surface area contributed by atoms with Gasteiger partial charge in [0, 0.05) is 71.2 Å². The Kier molecular flexibility index (Phi) is 19.5. The van der Waals surface area contributed by atoms with Crippen LogP contribution in [0.25, 0.3) is 110 Å². The summed E-state index contributed by atoms with van der Waals surface area (Å²) in [5, 5.41) is 7.17. The molecule has 4 nitrogen and oxygen atoms in total. The topological polar surface area (TPSA) is 42.7 Å². The lowest BCUT2D eigenvalue weighted by atomic mass is 9.68. The molecule has 16 rings (SSSR count). The highest BCUT2D eigenvalue weighted by Crippen LogP contribution is 2.64. The van der Waals surface area contributed by atoms with Crippen LogP contribution in [-0.2, 0) is 16.2 Å². The maximum absolute atomic E-state index is 7.10. The molecular weight excluding hydrogens is 1250 g/mol. The quantitative estimate of drug-likeness (QED) is 0.0394. The van der Waals surface area contributed by atoms with E-state index in [0.717, 1.165) is 73.6 Å². The van der Waals surface area contributed by atoms with Gasteiger partial charge in [-0.05, 0) is 202 Å². The molecule has 0 unspecified atom stereocenters. The predicted octanol–water partition coefficient (Wildman–Crippen LogP) is 31.0. The fourth-order valence-corrected chi connectivity index (χ4v) is 19.9. The van der Waals surface area contributed by atoms with Gasteiger partial charge in [0.25, 0.3) is 0 Å². The van der Waals surface area contributed by atoms with Gasteiger partial charge in [-0.15, -0.1) is 0 Å². The van der Waals surface area contributed by atoms with Crippen LogP contribution in [-0.4, -0.2) is 0 Å². The van der Waals surface area contributed by atoms with Crippen LogP contribution in [0.5, 0.6) is 0 Å². The largest absolute Gasteiger partial charge is 0.456 e. The van der Waals surface area contributed by atoms with E-state index in [0.29, 0.717) is 0 Å². The molecule has 3 aliphatic carbocycles. The van der Waals surface area contributed by atoms with Gasteiger partial charge in [-0.25, -0.2) is 0 Å². The molecule has 0 radical (unpaired) electrons. The summed E-state index contributed by atoms with van der Waals surface area (Å²) in [6, 6.07) is 68.3. The second kappa shape index (κ2) is 29.1. The Morgan fingerprint density at radius 1 is 0.311 bits per heavy atom. The highest BCUT2D eigenvalue weighted by Gasteiger charge is 2.49. The minimum absolute atomic E-state index is 0.103. The number of anilines is 3. The number of rotatable bonds is 32. The van der Waals surface area contributed by atoms with E-state index in [1.807, 2.05) is 0 Å². The van der Waals surface area contributed by atoms with Gasteiger partial charge in [-0.3, -0.25) is 0 Å². The first kappa shape index (κ1) is 68.8. The van der Waals surface area contributed by atoms with Gasteiger partial charge in [-0.1, -0.05) is 292 Å². The Bertz CT molecular complexity index is 5240. The van der Waals surface area contributed by atoms with Gasteiger partial charge in [0.05, 0.1) is 0 Å². The van der Waals surface area contributed by atoms with Gasteiger partial charge < -0.3 is 18.2 Å². The van der Waals surface area contributed by atoms with Gasteiger partial charge in [0.1, 0.15) is 33.5 Å². The lowest BCUT2D eigenvalue weighted by Crippen LogP contribution is -2.27. The zero-order valence-corrected chi connectivity index (χ0v) is 63.2. The van der Waals surface area contributed by atoms with E-state index in [1.54, 1.807) is 22.3 Å². The van der Waals surface area contributed by atoms with Crippen molar-refractivity contribution < 1.29 is 13.3 Å². The smallest absolute Gasteiger partial charge is 0.143 e. The van der Waals surface area contributed by atoms with Crippen LogP contribution in [0.1, 0.15) is 266 Å². The normalized spacial score (nSPS) is 14.4. The molecule has 10 aromatic carbocycles. The average molecular weight is 1360 g/mol. The molecular formula is C99H109NO3. The van der Waals surface area contributed by atoms with E-state index >= 15 is 0 Å². The molecule has 4 heteroatoms. The molecule has 3 aliphatic rings. The van der Waals surface area contributed by atoms with Crippen LogP contribution < -0.4 is 4.90 Å². The van der Waals surface area contributed by atoms with Crippen LogP contribution in [0, 0.1) is 13.8 Å². The Morgan fingerprint density at radius 2 is 0.767 bits per heavy atom. The first-order valence-corrected chi connectivity index (χ1v) is 40.7. The molecule has 103 heavy (non-hydrogen) atoms. The summed E-state index contributed by atoms with van der Waals surface area (Å²) in [7, 11) is 0. The molecule has 0 saturated heterocycles. The SMILES string of the molecule is CCCCCCCCC1(CCCCCCCC)c2cc(N(c3ccc4c(c3)C(C)(C)c3cc(-c5ccc6oc7ccccc7c6c5)c5oc6ccccc6c5c3-4)c3ccc(C)cc3C)ccc2-c2cc3c(cc21)-c1c(ccc2oc4ccccc4c12)C3(CCCCCCCC)CCCCCCCC. The number of benzene rings is 10. The van der Waals surface area contributed by atoms with Crippen LogP contribution in [0.2, 0.25) is 0 Å².